The summed E-state index contributed by atoms with van der Waals surface area (Å²) in [6, 6.07) is 0. The maximum atomic E-state index is 10.4. The van der Waals surface area contributed by atoms with Crippen LogP contribution in [-0.4, -0.2) is 45.5 Å². The molecule has 0 aliphatic rings. The number of aldehydes is 1. The quantitative estimate of drug-likeness (QED) is 0.544. The molecule has 1 unspecified atom stereocenters. The maximum absolute atomic E-state index is 10.4. The summed E-state index contributed by atoms with van der Waals surface area (Å²) in [4.78, 5) is 13.4. The van der Waals surface area contributed by atoms with E-state index in [1.54, 1.807) is 7.11 Å². The number of hydrogen-bond donors (Lipinski definition) is 1. The van der Waals surface area contributed by atoms with Crippen molar-refractivity contribution in [2.75, 3.05) is 13.7 Å². The lowest BCUT2D eigenvalue weighted by molar-refractivity contribution is -0.107. The van der Waals surface area contributed by atoms with Crippen LogP contribution in [0.5, 0.6) is 0 Å². The van der Waals surface area contributed by atoms with Crippen molar-refractivity contribution in [3.63, 3.8) is 0 Å². The Bertz CT molecular complexity index is 257. The second kappa shape index (κ2) is 6.36. The van der Waals surface area contributed by atoms with Crippen LogP contribution in [-0.2, 0) is 17.5 Å². The van der Waals surface area contributed by atoms with Crippen LogP contribution in [0.15, 0.2) is 0 Å². The van der Waals surface area contributed by atoms with E-state index in [1.807, 2.05) is 19.6 Å². The summed E-state index contributed by atoms with van der Waals surface area (Å²) in [6.45, 7) is 12.6. The van der Waals surface area contributed by atoms with E-state index >= 15 is 0 Å². The van der Waals surface area contributed by atoms with Crippen molar-refractivity contribution in [2.24, 2.45) is 0 Å². The Morgan fingerprint density at radius 1 is 1.06 bits per heavy atom. The summed E-state index contributed by atoms with van der Waals surface area (Å²) in [5.74, 6) is 0. The number of hydrogen-bond acceptors (Lipinski definition) is 5. The van der Waals surface area contributed by atoms with Crippen molar-refractivity contribution in [3.8, 4) is 0 Å². The molecule has 0 spiro atoms. The Labute approximate surface area is 108 Å². The van der Waals surface area contributed by atoms with Crippen LogP contribution in [0, 0.1) is 0 Å². The molecular formula is C9H25NO4Si3. The van der Waals surface area contributed by atoms with Gasteiger partial charge in [-0.1, -0.05) is 0 Å². The van der Waals surface area contributed by atoms with Crippen molar-refractivity contribution in [2.45, 2.75) is 39.3 Å². The normalized spacial score (nSPS) is 16.6. The SMILES string of the molecule is CO[Si](C)(NCC=O)O[Si](C)(C)O[Si](C)(C)C. The Hall–Kier alpha value is 0.161. The van der Waals surface area contributed by atoms with E-state index < -0.39 is 25.6 Å². The van der Waals surface area contributed by atoms with Gasteiger partial charge >= 0.3 is 17.3 Å². The third-order valence-electron chi connectivity index (χ3n) is 1.89. The molecule has 0 amide bonds. The Kier molecular flexibility index (Phi) is 6.42. The van der Waals surface area contributed by atoms with Crippen LogP contribution in [0.3, 0.4) is 0 Å². The molecule has 0 saturated heterocycles. The Morgan fingerprint density at radius 2 is 1.59 bits per heavy atom. The first kappa shape index (κ1) is 17.2. The summed E-state index contributed by atoms with van der Waals surface area (Å²) < 4.78 is 17.5. The zero-order valence-electron chi connectivity index (χ0n) is 11.9. The van der Waals surface area contributed by atoms with Gasteiger partial charge in [0.05, 0.1) is 0 Å². The summed E-state index contributed by atoms with van der Waals surface area (Å²) in [7, 11) is -4.76. The molecule has 0 aromatic rings. The average Bonchev–Trinajstić information content (AvgIpc) is 2.10. The molecule has 8 heteroatoms. The predicted octanol–water partition coefficient (Wildman–Crippen LogP) is 1.56. The molecule has 0 aliphatic heterocycles. The van der Waals surface area contributed by atoms with Gasteiger partial charge in [-0.15, -0.1) is 0 Å². The van der Waals surface area contributed by atoms with Gasteiger partial charge in [0.2, 0.25) is 0 Å². The molecular weight excluding hydrogens is 270 g/mol. The largest absolute Gasteiger partial charge is 0.437 e. The molecule has 1 atom stereocenters. The molecule has 0 fully saturated rings. The van der Waals surface area contributed by atoms with Gasteiger partial charge in [-0.3, -0.25) is 4.98 Å². The van der Waals surface area contributed by atoms with E-state index in [1.165, 1.54) is 0 Å². The highest BCUT2D eigenvalue weighted by atomic mass is 28.5. The molecule has 0 saturated carbocycles. The van der Waals surface area contributed by atoms with E-state index in [0.29, 0.717) is 0 Å². The Balaban J connectivity index is 4.58. The van der Waals surface area contributed by atoms with Crippen molar-refractivity contribution >= 4 is 31.9 Å². The number of rotatable bonds is 8. The lowest BCUT2D eigenvalue weighted by atomic mass is 10.8. The summed E-state index contributed by atoms with van der Waals surface area (Å²) in [5, 5.41) is 0. The second-order valence-corrected chi connectivity index (χ2v) is 16.7. The summed E-state index contributed by atoms with van der Waals surface area (Å²) >= 11 is 0. The van der Waals surface area contributed by atoms with E-state index in [2.05, 4.69) is 24.6 Å². The lowest BCUT2D eigenvalue weighted by Crippen LogP contribution is -2.61. The van der Waals surface area contributed by atoms with E-state index in [-0.39, 0.29) is 6.54 Å². The number of carbonyl (C=O) groups is 1. The van der Waals surface area contributed by atoms with Crippen molar-refractivity contribution in [3.05, 3.63) is 0 Å². The highest BCUT2D eigenvalue weighted by Crippen LogP contribution is 2.19. The van der Waals surface area contributed by atoms with Crippen LogP contribution in [0.2, 0.25) is 39.3 Å². The number of carbonyl (C=O) groups excluding carboxylic acids is 1. The fraction of sp³-hybridized carbons (Fsp3) is 0.889. The van der Waals surface area contributed by atoms with E-state index in [9.17, 15) is 4.79 Å². The molecule has 0 radical (unpaired) electrons. The standard InChI is InChI=1S/C9H25NO4Si3/c1-12-17(7,10-8-9-11)14-16(5,6)13-15(2,3)4/h9-10H,8H2,1-7H3. The average molecular weight is 296 g/mol. The minimum atomic E-state index is -2.50. The van der Waals surface area contributed by atoms with Crippen molar-refractivity contribution in [1.29, 1.82) is 0 Å². The van der Waals surface area contributed by atoms with Gasteiger partial charge in [0.25, 0.3) is 0 Å². The topological polar surface area (TPSA) is 56.8 Å². The van der Waals surface area contributed by atoms with Crippen LogP contribution < -0.4 is 4.98 Å². The second-order valence-electron chi connectivity index (χ2n) is 5.41. The predicted molar refractivity (Wildman–Crippen MR) is 75.7 cm³/mol. The molecule has 0 heterocycles. The van der Waals surface area contributed by atoms with Gasteiger partial charge in [0.15, 0.2) is 8.32 Å². The molecule has 0 aromatic carbocycles. The van der Waals surface area contributed by atoms with E-state index in [4.69, 9.17) is 12.7 Å². The van der Waals surface area contributed by atoms with E-state index in [0.717, 1.165) is 6.29 Å². The fourth-order valence-corrected chi connectivity index (χ4v) is 13.0. The molecule has 5 nitrogen and oxygen atoms in total. The van der Waals surface area contributed by atoms with Gasteiger partial charge in [-0.05, 0) is 39.3 Å². The van der Waals surface area contributed by atoms with Crippen LogP contribution in [0.4, 0.5) is 0 Å². The minimum Gasteiger partial charge on any atom is -0.437 e. The third-order valence-corrected chi connectivity index (χ3v) is 11.5. The highest BCUT2D eigenvalue weighted by Gasteiger charge is 2.41. The molecule has 0 aromatic heterocycles. The lowest BCUT2D eigenvalue weighted by Gasteiger charge is -2.37. The van der Waals surface area contributed by atoms with Gasteiger partial charge < -0.3 is 17.5 Å². The van der Waals surface area contributed by atoms with Crippen LogP contribution in [0.1, 0.15) is 0 Å². The summed E-state index contributed by atoms with van der Waals surface area (Å²) in [6.07, 6.45) is 0.807. The first-order chi connectivity index (χ1) is 7.54. The maximum Gasteiger partial charge on any atom is 0.413 e. The molecule has 0 aliphatic carbocycles. The highest BCUT2D eigenvalue weighted by molar-refractivity contribution is 6.85. The molecule has 17 heavy (non-hydrogen) atoms. The van der Waals surface area contributed by atoms with Crippen LogP contribution in [0.25, 0.3) is 0 Å². The first-order valence-electron chi connectivity index (χ1n) is 5.68. The van der Waals surface area contributed by atoms with Gasteiger partial charge in [-0.25, -0.2) is 0 Å². The number of nitrogens with one attached hydrogen (secondary N) is 1. The van der Waals surface area contributed by atoms with Crippen LogP contribution >= 0.6 is 0 Å². The van der Waals surface area contributed by atoms with Crippen molar-refractivity contribution < 1.29 is 17.5 Å². The van der Waals surface area contributed by atoms with Gasteiger partial charge in [0.1, 0.15) is 6.29 Å². The minimum absolute atomic E-state index is 0.244. The summed E-state index contributed by atoms with van der Waals surface area (Å²) in [5.41, 5.74) is 0. The Morgan fingerprint density at radius 3 is 1.94 bits per heavy atom. The van der Waals surface area contributed by atoms with Gasteiger partial charge in [0, 0.05) is 13.7 Å². The zero-order valence-corrected chi connectivity index (χ0v) is 14.9. The molecule has 0 bridgehead atoms. The molecule has 0 rings (SSSR count). The van der Waals surface area contributed by atoms with Gasteiger partial charge in [-0.2, -0.15) is 0 Å². The smallest absolute Gasteiger partial charge is 0.413 e. The third kappa shape index (κ3) is 7.97. The fourth-order valence-electron chi connectivity index (χ4n) is 1.60. The molecule has 1 N–H and O–H groups in total. The molecule has 102 valence electrons. The monoisotopic (exact) mass is 295 g/mol. The first-order valence-corrected chi connectivity index (χ1v) is 14.2. The van der Waals surface area contributed by atoms with Crippen molar-refractivity contribution in [1.82, 2.24) is 4.98 Å². The zero-order chi connectivity index (χ0) is 13.7.